The van der Waals surface area contributed by atoms with Crippen molar-refractivity contribution in [2.24, 2.45) is 16.7 Å². The summed E-state index contributed by atoms with van der Waals surface area (Å²) in [7, 11) is 0. The highest BCUT2D eigenvalue weighted by Gasteiger charge is 2.06. The summed E-state index contributed by atoms with van der Waals surface area (Å²) >= 11 is 6.79. The van der Waals surface area contributed by atoms with Gasteiger partial charge >= 0.3 is 0 Å². The van der Waals surface area contributed by atoms with Gasteiger partial charge in [-0.15, -0.1) is 0 Å². The lowest BCUT2D eigenvalue weighted by Crippen LogP contribution is -2.18. The Hall–Kier alpha value is -1.47. The van der Waals surface area contributed by atoms with Gasteiger partial charge in [-0.2, -0.15) is 5.10 Å². The lowest BCUT2D eigenvalue weighted by molar-refractivity contribution is -0.113. The number of anilines is 1. The molecular weight excluding hydrogens is 250 g/mol. The Kier molecular flexibility index (Phi) is 4.87. The number of pyridine rings is 1. The number of nitrogens with one attached hydrogen (secondary N) is 1. The van der Waals surface area contributed by atoms with E-state index in [1.165, 1.54) is 6.20 Å². The standard InChI is InChI=1S/C8H10ClN5OS/c9-7-5(2-1-3-12-7)13-6(15)4-16-8(10)14-11/h1-3H,4,11H2,(H2,10,14)(H,13,15). The van der Waals surface area contributed by atoms with E-state index in [2.05, 4.69) is 15.4 Å². The summed E-state index contributed by atoms with van der Waals surface area (Å²) in [4.78, 5) is 15.2. The Labute approximate surface area is 101 Å². The number of thioether (sulfide) groups is 1. The third-order valence-corrected chi connectivity index (χ3v) is 2.62. The number of rotatable bonds is 3. The minimum Gasteiger partial charge on any atom is -0.377 e. The van der Waals surface area contributed by atoms with Crippen LogP contribution in [0.3, 0.4) is 0 Å². The van der Waals surface area contributed by atoms with Gasteiger partial charge in [0.15, 0.2) is 10.3 Å². The van der Waals surface area contributed by atoms with Crippen molar-refractivity contribution >= 4 is 40.1 Å². The first-order chi connectivity index (χ1) is 7.63. The van der Waals surface area contributed by atoms with Crippen LogP contribution in [-0.2, 0) is 4.79 Å². The fraction of sp³-hybridized carbons (Fsp3) is 0.125. The van der Waals surface area contributed by atoms with Crippen molar-refractivity contribution in [1.29, 1.82) is 0 Å². The van der Waals surface area contributed by atoms with Gasteiger partial charge in [-0.05, 0) is 12.1 Å². The van der Waals surface area contributed by atoms with E-state index >= 15 is 0 Å². The van der Waals surface area contributed by atoms with Crippen LogP contribution in [0.1, 0.15) is 0 Å². The molecule has 0 spiro atoms. The van der Waals surface area contributed by atoms with E-state index < -0.39 is 0 Å². The first kappa shape index (κ1) is 12.6. The fourth-order valence-electron chi connectivity index (χ4n) is 0.842. The van der Waals surface area contributed by atoms with Gasteiger partial charge in [0.05, 0.1) is 11.4 Å². The number of aromatic nitrogens is 1. The van der Waals surface area contributed by atoms with Crippen LogP contribution in [0.25, 0.3) is 0 Å². The number of carbonyl (C=O) groups excluding carboxylic acids is 1. The maximum Gasteiger partial charge on any atom is 0.234 e. The van der Waals surface area contributed by atoms with Gasteiger partial charge in [0.1, 0.15) is 0 Å². The van der Waals surface area contributed by atoms with Crippen molar-refractivity contribution < 1.29 is 4.79 Å². The Morgan fingerprint density at radius 2 is 2.44 bits per heavy atom. The number of hydrogen-bond donors (Lipinski definition) is 3. The van der Waals surface area contributed by atoms with E-state index in [0.717, 1.165) is 11.8 Å². The van der Waals surface area contributed by atoms with Crippen LogP contribution in [0.2, 0.25) is 5.15 Å². The number of nitrogens with zero attached hydrogens (tertiary/aromatic N) is 2. The van der Waals surface area contributed by atoms with Crippen LogP contribution >= 0.6 is 23.4 Å². The van der Waals surface area contributed by atoms with Crippen LogP contribution in [0, 0.1) is 0 Å². The predicted molar refractivity (Wildman–Crippen MR) is 66.1 cm³/mol. The van der Waals surface area contributed by atoms with Crippen LogP contribution in [0.5, 0.6) is 0 Å². The van der Waals surface area contributed by atoms with Gasteiger partial charge in [-0.1, -0.05) is 23.4 Å². The molecule has 0 aliphatic carbocycles. The van der Waals surface area contributed by atoms with Crippen molar-refractivity contribution in [1.82, 2.24) is 4.98 Å². The third-order valence-electron chi connectivity index (χ3n) is 1.51. The molecular formula is C8H10ClN5OS. The number of halogens is 1. The zero-order valence-corrected chi connectivity index (χ0v) is 9.76. The molecule has 1 rings (SSSR count). The quantitative estimate of drug-likeness (QED) is 0.242. The van der Waals surface area contributed by atoms with E-state index in [1.807, 2.05) is 0 Å². The van der Waals surface area contributed by atoms with Crippen molar-refractivity contribution in [3.05, 3.63) is 23.5 Å². The molecule has 8 heteroatoms. The monoisotopic (exact) mass is 259 g/mol. The lowest BCUT2D eigenvalue weighted by atomic mass is 10.4. The second-order valence-corrected chi connectivity index (χ2v) is 4.00. The smallest absolute Gasteiger partial charge is 0.234 e. The van der Waals surface area contributed by atoms with Gasteiger partial charge < -0.3 is 16.9 Å². The first-order valence-corrected chi connectivity index (χ1v) is 5.56. The average Bonchev–Trinajstić information content (AvgIpc) is 2.29. The molecule has 0 saturated carbocycles. The molecule has 86 valence electrons. The van der Waals surface area contributed by atoms with Crippen LogP contribution in [0.15, 0.2) is 23.4 Å². The highest BCUT2D eigenvalue weighted by molar-refractivity contribution is 8.14. The zero-order valence-electron chi connectivity index (χ0n) is 8.18. The summed E-state index contributed by atoms with van der Waals surface area (Å²) in [6.07, 6.45) is 1.53. The van der Waals surface area contributed by atoms with Crippen molar-refractivity contribution in [2.45, 2.75) is 0 Å². The van der Waals surface area contributed by atoms with Crippen molar-refractivity contribution in [2.75, 3.05) is 11.1 Å². The molecule has 0 atom stereocenters. The molecule has 16 heavy (non-hydrogen) atoms. The average molecular weight is 260 g/mol. The van der Waals surface area contributed by atoms with E-state index in [1.54, 1.807) is 12.1 Å². The number of carbonyl (C=O) groups is 1. The molecule has 6 nitrogen and oxygen atoms in total. The molecule has 0 bridgehead atoms. The lowest BCUT2D eigenvalue weighted by Gasteiger charge is -2.05. The molecule has 0 saturated heterocycles. The number of hydrogen-bond acceptors (Lipinski definition) is 5. The minimum absolute atomic E-state index is 0.109. The SMILES string of the molecule is NN=C(N)SCC(=O)Nc1cccnc1Cl. The molecule has 1 aromatic heterocycles. The van der Waals surface area contributed by atoms with Crippen LogP contribution in [-0.4, -0.2) is 21.8 Å². The fourth-order valence-corrected chi connectivity index (χ4v) is 1.43. The molecule has 0 radical (unpaired) electrons. The summed E-state index contributed by atoms with van der Waals surface area (Å²) in [6, 6.07) is 3.32. The number of amides is 1. The van der Waals surface area contributed by atoms with Crippen molar-refractivity contribution in [3.63, 3.8) is 0 Å². The second-order valence-electron chi connectivity index (χ2n) is 2.65. The third kappa shape index (κ3) is 3.95. The summed E-state index contributed by atoms with van der Waals surface area (Å²) in [5.41, 5.74) is 5.77. The van der Waals surface area contributed by atoms with Gasteiger partial charge in [0, 0.05) is 6.20 Å². The second kappa shape index (κ2) is 6.19. The van der Waals surface area contributed by atoms with Crippen LogP contribution in [0.4, 0.5) is 5.69 Å². The number of amidine groups is 1. The van der Waals surface area contributed by atoms with Gasteiger partial charge in [0.2, 0.25) is 5.91 Å². The molecule has 5 N–H and O–H groups in total. The van der Waals surface area contributed by atoms with Crippen molar-refractivity contribution in [3.8, 4) is 0 Å². The Morgan fingerprint density at radius 3 is 3.06 bits per heavy atom. The topological polar surface area (TPSA) is 106 Å². The molecule has 1 aromatic rings. The van der Waals surface area contributed by atoms with E-state index in [9.17, 15) is 4.79 Å². The highest BCUT2D eigenvalue weighted by Crippen LogP contribution is 2.17. The van der Waals surface area contributed by atoms with E-state index in [0.29, 0.717) is 5.69 Å². The normalized spacial score (nSPS) is 11.2. The minimum atomic E-state index is -0.258. The predicted octanol–water partition coefficient (Wildman–Crippen LogP) is 0.595. The molecule has 1 amide bonds. The molecule has 0 fully saturated rings. The Balaban J connectivity index is 2.49. The summed E-state index contributed by atoms with van der Waals surface area (Å²) in [5.74, 6) is 4.77. The number of nitrogens with two attached hydrogens (primary N) is 2. The Bertz CT molecular complexity index is 411. The molecule has 0 aliphatic heterocycles. The molecule has 0 unspecified atom stereocenters. The molecule has 0 aromatic carbocycles. The number of hydrazone groups is 1. The maximum absolute atomic E-state index is 11.4. The molecule has 0 aliphatic rings. The first-order valence-electron chi connectivity index (χ1n) is 4.20. The molecule has 1 heterocycles. The largest absolute Gasteiger partial charge is 0.377 e. The van der Waals surface area contributed by atoms with Gasteiger partial charge in [-0.3, -0.25) is 4.79 Å². The zero-order chi connectivity index (χ0) is 12.0. The summed E-state index contributed by atoms with van der Waals surface area (Å²) in [6.45, 7) is 0. The summed E-state index contributed by atoms with van der Waals surface area (Å²) < 4.78 is 0. The summed E-state index contributed by atoms with van der Waals surface area (Å²) in [5, 5.41) is 6.19. The Morgan fingerprint density at radius 1 is 1.69 bits per heavy atom. The van der Waals surface area contributed by atoms with Gasteiger partial charge in [0.25, 0.3) is 0 Å². The highest BCUT2D eigenvalue weighted by atomic mass is 35.5. The van der Waals surface area contributed by atoms with E-state index in [4.69, 9.17) is 23.2 Å². The van der Waals surface area contributed by atoms with E-state index in [-0.39, 0.29) is 22.0 Å². The van der Waals surface area contributed by atoms with Crippen LogP contribution < -0.4 is 16.9 Å². The maximum atomic E-state index is 11.4. The van der Waals surface area contributed by atoms with Gasteiger partial charge in [-0.25, -0.2) is 4.98 Å².